The maximum atomic E-state index is 5.78. The quantitative estimate of drug-likeness (QED) is 0.782. The van der Waals surface area contributed by atoms with Crippen LogP contribution in [0.25, 0.3) is 0 Å². The van der Waals surface area contributed by atoms with E-state index >= 15 is 0 Å². The highest BCUT2D eigenvalue weighted by molar-refractivity contribution is 7.09. The Morgan fingerprint density at radius 3 is 3.00 bits per heavy atom. The number of hydrogen-bond acceptors (Lipinski definition) is 5. The van der Waals surface area contributed by atoms with Crippen molar-refractivity contribution in [3.05, 3.63) is 34.3 Å². The highest BCUT2D eigenvalue weighted by Gasteiger charge is 2.32. The van der Waals surface area contributed by atoms with Gasteiger partial charge in [-0.25, -0.2) is 9.97 Å². The van der Waals surface area contributed by atoms with E-state index in [2.05, 4.69) is 27.7 Å². The molecule has 0 radical (unpaired) electrons. The number of imidazole rings is 1. The van der Waals surface area contributed by atoms with Crippen LogP contribution >= 0.6 is 11.3 Å². The van der Waals surface area contributed by atoms with Gasteiger partial charge in [-0.2, -0.15) is 0 Å². The fourth-order valence-corrected chi connectivity index (χ4v) is 4.12. The second kappa shape index (κ2) is 6.71. The molecular formula is C17H24N4OS. The van der Waals surface area contributed by atoms with Crippen LogP contribution in [0, 0.1) is 5.92 Å². The summed E-state index contributed by atoms with van der Waals surface area (Å²) in [5, 5.41) is 3.23. The fraction of sp³-hybridized carbons (Fsp3) is 0.647. The van der Waals surface area contributed by atoms with Gasteiger partial charge in [-0.05, 0) is 25.7 Å². The third-order valence-corrected chi connectivity index (χ3v) is 5.48. The van der Waals surface area contributed by atoms with Crippen molar-refractivity contribution in [2.75, 3.05) is 19.8 Å². The number of thiazole rings is 1. The molecule has 0 bridgehead atoms. The van der Waals surface area contributed by atoms with Gasteiger partial charge in [-0.1, -0.05) is 0 Å². The van der Waals surface area contributed by atoms with Crippen molar-refractivity contribution in [1.82, 2.24) is 19.4 Å². The minimum absolute atomic E-state index is 0.417. The lowest BCUT2D eigenvalue weighted by atomic mass is 9.98. The number of hydrogen-bond donors (Lipinski definition) is 0. The van der Waals surface area contributed by atoms with Crippen LogP contribution in [-0.2, 0) is 24.4 Å². The Balaban J connectivity index is 1.54. The summed E-state index contributed by atoms with van der Waals surface area (Å²) in [7, 11) is 0. The molecule has 1 unspecified atom stereocenters. The third-order valence-electron chi connectivity index (χ3n) is 4.71. The molecular weight excluding hydrogens is 308 g/mol. The zero-order valence-corrected chi connectivity index (χ0v) is 14.5. The molecule has 5 nitrogen and oxygen atoms in total. The van der Waals surface area contributed by atoms with Crippen molar-refractivity contribution >= 4 is 11.3 Å². The molecule has 1 aliphatic heterocycles. The largest absolute Gasteiger partial charge is 0.381 e. The molecule has 1 fully saturated rings. The van der Waals surface area contributed by atoms with Gasteiger partial charge in [0.25, 0.3) is 0 Å². The first-order chi connectivity index (χ1) is 11.3. The Labute approximate surface area is 141 Å². The van der Waals surface area contributed by atoms with Crippen LogP contribution in [0.15, 0.2) is 17.9 Å². The zero-order valence-electron chi connectivity index (χ0n) is 13.6. The summed E-state index contributed by atoms with van der Waals surface area (Å²) >= 11 is 1.73. The first-order valence-corrected chi connectivity index (χ1v) is 9.43. The van der Waals surface area contributed by atoms with E-state index in [4.69, 9.17) is 9.72 Å². The van der Waals surface area contributed by atoms with Crippen LogP contribution in [0.4, 0.5) is 0 Å². The third kappa shape index (κ3) is 3.49. The van der Waals surface area contributed by atoms with Crippen LogP contribution < -0.4 is 0 Å². The molecule has 0 saturated heterocycles. The predicted octanol–water partition coefficient (Wildman–Crippen LogP) is 2.89. The number of rotatable bonds is 7. The van der Waals surface area contributed by atoms with Gasteiger partial charge in [-0.3, -0.25) is 4.90 Å². The molecule has 6 heteroatoms. The Morgan fingerprint density at radius 2 is 2.26 bits per heavy atom. The SMILES string of the molecule is CCOCC1CN(Cc2nccs2)Cc2ncn(CC3CC3)c21. The molecule has 1 atom stereocenters. The van der Waals surface area contributed by atoms with Gasteiger partial charge in [-0.15, -0.1) is 11.3 Å². The van der Waals surface area contributed by atoms with E-state index in [9.17, 15) is 0 Å². The molecule has 23 heavy (non-hydrogen) atoms. The van der Waals surface area contributed by atoms with Gasteiger partial charge in [0, 0.05) is 49.4 Å². The number of fused-ring (bicyclic) bond motifs is 1. The van der Waals surface area contributed by atoms with Gasteiger partial charge in [0.05, 0.1) is 25.2 Å². The number of aromatic nitrogens is 3. The summed E-state index contributed by atoms with van der Waals surface area (Å²) < 4.78 is 8.18. The molecule has 1 aliphatic carbocycles. The Kier molecular flexibility index (Phi) is 4.46. The minimum Gasteiger partial charge on any atom is -0.381 e. The van der Waals surface area contributed by atoms with Crippen LogP contribution in [0.5, 0.6) is 0 Å². The van der Waals surface area contributed by atoms with Gasteiger partial charge in [0.2, 0.25) is 0 Å². The smallest absolute Gasteiger partial charge is 0.107 e. The average molecular weight is 332 g/mol. The maximum absolute atomic E-state index is 5.78. The van der Waals surface area contributed by atoms with E-state index < -0.39 is 0 Å². The topological polar surface area (TPSA) is 43.2 Å². The summed E-state index contributed by atoms with van der Waals surface area (Å²) in [6.07, 6.45) is 6.69. The highest BCUT2D eigenvalue weighted by atomic mass is 32.1. The lowest BCUT2D eigenvalue weighted by Crippen LogP contribution is -2.36. The molecule has 3 heterocycles. The summed E-state index contributed by atoms with van der Waals surface area (Å²) in [6, 6.07) is 0. The zero-order chi connectivity index (χ0) is 15.6. The molecule has 0 aromatic carbocycles. The summed E-state index contributed by atoms with van der Waals surface area (Å²) in [4.78, 5) is 11.6. The standard InChI is InChI=1S/C17H24N4OS/c1-2-22-11-14-8-20(10-16-18-5-6-23-16)9-15-17(14)21(12-19-15)7-13-3-4-13/h5-6,12-14H,2-4,7-11H2,1H3. The van der Waals surface area contributed by atoms with Gasteiger partial charge in [0.1, 0.15) is 5.01 Å². The Morgan fingerprint density at radius 1 is 1.35 bits per heavy atom. The Bertz CT molecular complexity index is 635. The van der Waals surface area contributed by atoms with E-state index in [0.29, 0.717) is 5.92 Å². The van der Waals surface area contributed by atoms with Gasteiger partial charge < -0.3 is 9.30 Å². The van der Waals surface area contributed by atoms with Crippen LogP contribution in [0.1, 0.15) is 42.1 Å². The van der Waals surface area contributed by atoms with Crippen molar-refractivity contribution in [3.63, 3.8) is 0 Å². The maximum Gasteiger partial charge on any atom is 0.107 e. The summed E-state index contributed by atoms with van der Waals surface area (Å²) in [6.45, 7) is 7.63. The molecule has 2 aliphatic rings. The van der Waals surface area contributed by atoms with E-state index in [0.717, 1.165) is 45.3 Å². The summed E-state index contributed by atoms with van der Waals surface area (Å²) in [5.41, 5.74) is 2.65. The fourth-order valence-electron chi connectivity index (χ4n) is 3.46. The van der Waals surface area contributed by atoms with Crippen molar-refractivity contribution in [1.29, 1.82) is 0 Å². The molecule has 4 rings (SSSR count). The molecule has 0 spiro atoms. The molecule has 2 aromatic heterocycles. The van der Waals surface area contributed by atoms with Crippen LogP contribution in [-0.4, -0.2) is 39.2 Å². The Hall–Kier alpha value is -1.24. The van der Waals surface area contributed by atoms with E-state index in [1.54, 1.807) is 11.3 Å². The van der Waals surface area contributed by atoms with Crippen molar-refractivity contribution in [2.45, 2.75) is 45.3 Å². The average Bonchev–Trinajstić information content (AvgIpc) is 3.05. The molecule has 0 N–H and O–H groups in total. The van der Waals surface area contributed by atoms with Crippen molar-refractivity contribution < 1.29 is 4.74 Å². The second-order valence-corrected chi connectivity index (χ2v) is 7.60. The van der Waals surface area contributed by atoms with Gasteiger partial charge in [0.15, 0.2) is 0 Å². The normalized spacial score (nSPS) is 21.5. The highest BCUT2D eigenvalue weighted by Crippen LogP contribution is 2.34. The molecule has 0 amide bonds. The lowest BCUT2D eigenvalue weighted by Gasteiger charge is -2.32. The van der Waals surface area contributed by atoms with Crippen molar-refractivity contribution in [2.24, 2.45) is 5.92 Å². The second-order valence-electron chi connectivity index (χ2n) is 6.62. The van der Waals surface area contributed by atoms with Crippen molar-refractivity contribution in [3.8, 4) is 0 Å². The molecule has 2 aromatic rings. The number of nitrogens with zero attached hydrogens (tertiary/aromatic N) is 4. The van der Waals surface area contributed by atoms with Crippen LogP contribution in [0.2, 0.25) is 0 Å². The predicted molar refractivity (Wildman–Crippen MR) is 90.4 cm³/mol. The minimum atomic E-state index is 0.417. The van der Waals surface area contributed by atoms with Gasteiger partial charge >= 0.3 is 0 Å². The molecule has 124 valence electrons. The van der Waals surface area contributed by atoms with E-state index in [-0.39, 0.29) is 0 Å². The van der Waals surface area contributed by atoms with E-state index in [1.807, 2.05) is 11.6 Å². The molecule has 1 saturated carbocycles. The number of ether oxygens (including phenoxy) is 1. The monoisotopic (exact) mass is 332 g/mol. The lowest BCUT2D eigenvalue weighted by molar-refractivity contribution is 0.102. The first kappa shape index (κ1) is 15.3. The van der Waals surface area contributed by atoms with E-state index in [1.165, 1.54) is 29.2 Å². The first-order valence-electron chi connectivity index (χ1n) is 8.55. The summed E-state index contributed by atoms with van der Waals surface area (Å²) in [5.74, 6) is 1.29. The van der Waals surface area contributed by atoms with Crippen LogP contribution in [0.3, 0.4) is 0 Å².